The summed E-state index contributed by atoms with van der Waals surface area (Å²) < 4.78 is 12.0. The lowest BCUT2D eigenvalue weighted by molar-refractivity contribution is 0.0973. The highest BCUT2D eigenvalue weighted by Crippen LogP contribution is 2.53. The Morgan fingerprint density at radius 2 is 1.45 bits per heavy atom. The maximum atomic E-state index is 14.1. The van der Waals surface area contributed by atoms with Crippen LogP contribution in [0.1, 0.15) is 124 Å². The topological polar surface area (TPSA) is 151 Å². The largest absolute Gasteiger partial charge is 0.507 e. The molecule has 0 radical (unpaired) electrons. The summed E-state index contributed by atoms with van der Waals surface area (Å²) >= 11 is 0. The number of aryl methyl sites for hydroxylation is 1. The van der Waals surface area contributed by atoms with Crippen molar-refractivity contribution in [3.05, 3.63) is 128 Å². The predicted octanol–water partition coefficient (Wildman–Crippen LogP) is 9.08. The van der Waals surface area contributed by atoms with E-state index in [1.54, 1.807) is 37.3 Å². The SMILES string of the molecule is COc1cc2c(c(O)c1C(CC(C)C)c1c(OC/C=C(\C)CCC=C(C)C)cc(O)c(C(=O)c3ccccc3)c1O)C(=O)c1c(O)cc(C)cc1C2=O. The van der Waals surface area contributed by atoms with Crippen molar-refractivity contribution in [2.24, 2.45) is 5.92 Å². The minimum Gasteiger partial charge on any atom is -0.507 e. The number of allylic oxidation sites excluding steroid dienone is 3. The molecule has 0 saturated heterocycles. The minimum atomic E-state index is -0.994. The molecule has 9 heteroatoms. The van der Waals surface area contributed by atoms with Gasteiger partial charge in [-0.25, -0.2) is 0 Å². The molecule has 5 rings (SSSR count). The van der Waals surface area contributed by atoms with Crippen molar-refractivity contribution in [1.29, 1.82) is 0 Å². The van der Waals surface area contributed by atoms with Crippen molar-refractivity contribution in [3.63, 3.8) is 0 Å². The summed E-state index contributed by atoms with van der Waals surface area (Å²) in [6.45, 7) is 11.6. The van der Waals surface area contributed by atoms with Gasteiger partial charge >= 0.3 is 0 Å². The molecule has 53 heavy (non-hydrogen) atoms. The molecule has 0 amide bonds. The normalized spacial score (nSPS) is 13.0. The molecule has 0 bridgehead atoms. The van der Waals surface area contributed by atoms with Crippen LogP contribution >= 0.6 is 0 Å². The fourth-order valence-corrected chi connectivity index (χ4v) is 6.91. The number of phenols is 4. The lowest BCUT2D eigenvalue weighted by atomic mass is 9.76. The molecular weight excluding hydrogens is 672 g/mol. The van der Waals surface area contributed by atoms with Crippen LogP contribution < -0.4 is 9.47 Å². The van der Waals surface area contributed by atoms with Crippen LogP contribution in [0.5, 0.6) is 34.5 Å². The van der Waals surface area contributed by atoms with Crippen LogP contribution in [-0.4, -0.2) is 51.5 Å². The first-order chi connectivity index (χ1) is 25.2. The second-order valence-electron chi connectivity index (χ2n) is 14.2. The van der Waals surface area contributed by atoms with E-state index in [9.17, 15) is 34.8 Å². The van der Waals surface area contributed by atoms with Crippen LogP contribution in [-0.2, 0) is 0 Å². The monoisotopic (exact) mass is 718 g/mol. The van der Waals surface area contributed by atoms with Crippen molar-refractivity contribution >= 4 is 17.3 Å². The standard InChI is InChI=1S/C44H46O9/c1-23(2)12-11-13-25(5)16-17-53-34-22-32(46)39(40(47)27-14-9-8-10-15-27)44(51)37(34)28(18-24(3)4)36-33(52-7)21-30-38(43(36)50)42(49)35-29(41(30)48)19-26(6)20-31(35)45/h8-10,12,14-16,19-22,24,28,45-46,50-51H,11,13,17-18H2,1-7H3/b25-16+. The van der Waals surface area contributed by atoms with E-state index >= 15 is 0 Å². The summed E-state index contributed by atoms with van der Waals surface area (Å²) in [6, 6.07) is 13.7. The quantitative estimate of drug-likeness (QED) is 0.0690. The lowest BCUT2D eigenvalue weighted by Crippen LogP contribution is -2.23. The van der Waals surface area contributed by atoms with E-state index in [2.05, 4.69) is 6.08 Å². The third kappa shape index (κ3) is 7.70. The Labute approximate surface area is 309 Å². The van der Waals surface area contributed by atoms with Gasteiger partial charge in [0.2, 0.25) is 11.6 Å². The molecule has 1 unspecified atom stereocenters. The minimum absolute atomic E-state index is 0.00747. The Kier molecular flexibility index (Phi) is 11.5. The molecule has 1 aliphatic carbocycles. The predicted molar refractivity (Wildman–Crippen MR) is 203 cm³/mol. The number of hydrogen-bond donors (Lipinski definition) is 4. The molecule has 4 aromatic rings. The highest BCUT2D eigenvalue weighted by atomic mass is 16.5. The molecular formula is C44H46O9. The fraction of sp³-hybridized carbons (Fsp3) is 0.295. The lowest BCUT2D eigenvalue weighted by Gasteiger charge is -2.29. The summed E-state index contributed by atoms with van der Waals surface area (Å²) in [6.07, 6.45) is 5.92. The van der Waals surface area contributed by atoms with Crippen LogP contribution in [0, 0.1) is 12.8 Å². The molecule has 0 spiro atoms. The number of hydrogen-bond acceptors (Lipinski definition) is 9. The molecule has 4 aromatic carbocycles. The fourth-order valence-electron chi connectivity index (χ4n) is 6.91. The van der Waals surface area contributed by atoms with E-state index in [1.165, 1.54) is 36.9 Å². The third-order valence-corrected chi connectivity index (χ3v) is 9.44. The van der Waals surface area contributed by atoms with Gasteiger partial charge in [-0.15, -0.1) is 0 Å². The van der Waals surface area contributed by atoms with Crippen molar-refractivity contribution in [2.75, 3.05) is 13.7 Å². The number of aromatic hydroxyl groups is 4. The van der Waals surface area contributed by atoms with Gasteiger partial charge in [0, 0.05) is 39.8 Å². The molecule has 1 aliphatic rings. The molecule has 276 valence electrons. The van der Waals surface area contributed by atoms with Crippen LogP contribution in [0.4, 0.5) is 0 Å². The Bertz CT molecular complexity index is 2150. The van der Waals surface area contributed by atoms with Gasteiger partial charge in [0.05, 0.1) is 18.2 Å². The smallest absolute Gasteiger partial charge is 0.201 e. The third-order valence-electron chi connectivity index (χ3n) is 9.44. The zero-order valence-corrected chi connectivity index (χ0v) is 31.2. The number of rotatable bonds is 13. The zero-order chi connectivity index (χ0) is 38.7. The number of ether oxygens (including phenoxy) is 2. The van der Waals surface area contributed by atoms with Gasteiger partial charge in [-0.05, 0) is 82.7 Å². The average Bonchev–Trinajstić information content (AvgIpc) is 3.09. The Morgan fingerprint density at radius 1 is 0.792 bits per heavy atom. The average molecular weight is 719 g/mol. The van der Waals surface area contributed by atoms with E-state index in [1.807, 2.05) is 40.7 Å². The van der Waals surface area contributed by atoms with Crippen LogP contribution in [0.25, 0.3) is 0 Å². The number of methoxy groups -OCH3 is 1. The summed E-state index contributed by atoms with van der Waals surface area (Å²) in [5.74, 6) is -5.00. The first kappa shape index (κ1) is 38.4. The number of benzene rings is 4. The molecule has 1 atom stereocenters. The zero-order valence-electron chi connectivity index (χ0n) is 31.2. The van der Waals surface area contributed by atoms with Crippen LogP contribution in [0.2, 0.25) is 0 Å². The van der Waals surface area contributed by atoms with Gasteiger partial charge in [-0.2, -0.15) is 0 Å². The van der Waals surface area contributed by atoms with Crippen molar-refractivity contribution in [1.82, 2.24) is 0 Å². The first-order valence-corrected chi connectivity index (χ1v) is 17.6. The number of phenolic OH excluding ortho intramolecular Hbond substituents is 4. The Morgan fingerprint density at radius 3 is 2.09 bits per heavy atom. The molecule has 4 N–H and O–H groups in total. The molecule has 0 heterocycles. The number of carbonyl (C=O) groups excluding carboxylic acids is 3. The van der Waals surface area contributed by atoms with E-state index < -0.39 is 40.5 Å². The molecule has 0 aromatic heterocycles. The number of carbonyl (C=O) groups is 3. The van der Waals surface area contributed by atoms with Crippen LogP contribution in [0.3, 0.4) is 0 Å². The molecule has 0 fully saturated rings. The maximum absolute atomic E-state index is 14.1. The summed E-state index contributed by atoms with van der Waals surface area (Å²) in [4.78, 5) is 41.7. The number of fused-ring (bicyclic) bond motifs is 2. The van der Waals surface area contributed by atoms with Crippen molar-refractivity contribution in [3.8, 4) is 34.5 Å². The van der Waals surface area contributed by atoms with Gasteiger partial charge in [0.15, 0.2) is 5.78 Å². The first-order valence-electron chi connectivity index (χ1n) is 17.6. The van der Waals surface area contributed by atoms with Crippen LogP contribution in [0.15, 0.2) is 77.9 Å². The summed E-state index contributed by atoms with van der Waals surface area (Å²) in [7, 11) is 1.36. The van der Waals surface area contributed by atoms with Crippen molar-refractivity contribution in [2.45, 2.75) is 66.7 Å². The van der Waals surface area contributed by atoms with Gasteiger partial charge in [-0.1, -0.05) is 61.4 Å². The summed E-state index contributed by atoms with van der Waals surface area (Å²) in [5, 5.41) is 46.3. The molecule has 0 saturated carbocycles. The van der Waals surface area contributed by atoms with E-state index in [4.69, 9.17) is 9.47 Å². The van der Waals surface area contributed by atoms with E-state index in [-0.39, 0.29) is 80.7 Å². The highest BCUT2D eigenvalue weighted by molar-refractivity contribution is 6.30. The van der Waals surface area contributed by atoms with Gasteiger partial charge in [0.25, 0.3) is 0 Å². The van der Waals surface area contributed by atoms with Gasteiger partial charge in [-0.3, -0.25) is 14.4 Å². The molecule has 9 nitrogen and oxygen atoms in total. The molecule has 0 aliphatic heterocycles. The van der Waals surface area contributed by atoms with Crippen molar-refractivity contribution < 1.29 is 44.3 Å². The van der Waals surface area contributed by atoms with E-state index in [0.29, 0.717) is 5.56 Å². The maximum Gasteiger partial charge on any atom is 0.201 e. The Hall–Kier alpha value is -5.83. The summed E-state index contributed by atoms with van der Waals surface area (Å²) in [5.41, 5.74) is 2.21. The second kappa shape index (κ2) is 15.8. The second-order valence-corrected chi connectivity index (χ2v) is 14.2. The number of ketones is 3. The highest BCUT2D eigenvalue weighted by Gasteiger charge is 2.40. The van der Waals surface area contributed by atoms with Gasteiger partial charge < -0.3 is 29.9 Å². The Balaban J connectivity index is 1.75. The van der Waals surface area contributed by atoms with Gasteiger partial charge in [0.1, 0.15) is 46.7 Å². The van der Waals surface area contributed by atoms with E-state index in [0.717, 1.165) is 18.4 Å².